The van der Waals surface area contributed by atoms with E-state index >= 15 is 0 Å². The molecule has 174 valence electrons. The molecule has 2 aromatic carbocycles. The largest absolute Gasteiger partial charge is 0.482 e. The van der Waals surface area contributed by atoms with Gasteiger partial charge in [-0.15, -0.1) is 24.0 Å². The number of hydrogen-bond donors (Lipinski definition) is 2. The fourth-order valence-corrected chi connectivity index (χ4v) is 3.68. The summed E-state index contributed by atoms with van der Waals surface area (Å²) in [6, 6.07) is 17.9. The van der Waals surface area contributed by atoms with Crippen LogP contribution in [0.2, 0.25) is 0 Å². The van der Waals surface area contributed by atoms with Gasteiger partial charge < -0.3 is 20.3 Å². The third-order valence-corrected chi connectivity index (χ3v) is 5.38. The van der Waals surface area contributed by atoms with Gasteiger partial charge in [0, 0.05) is 32.5 Å². The lowest BCUT2D eigenvalue weighted by atomic mass is 10.1. The number of aliphatic imine (C=N–C) groups is 1. The summed E-state index contributed by atoms with van der Waals surface area (Å²) < 4.78 is 7.35. The minimum atomic E-state index is -0.0168. The molecule has 33 heavy (non-hydrogen) atoms. The van der Waals surface area contributed by atoms with Crippen LogP contribution in [0, 0.1) is 0 Å². The molecule has 1 aliphatic heterocycles. The average Bonchev–Trinajstić information content (AvgIpc) is 3.37. The first-order valence-corrected chi connectivity index (χ1v) is 10.7. The number of fused-ring (bicyclic) bond motifs is 1. The van der Waals surface area contributed by atoms with Crippen molar-refractivity contribution >= 4 is 41.5 Å². The lowest BCUT2D eigenvalue weighted by molar-refractivity contribution is -0.121. The number of ether oxygens (including phenoxy) is 1. The Morgan fingerprint density at radius 2 is 2.06 bits per heavy atom. The van der Waals surface area contributed by atoms with Gasteiger partial charge in [0.25, 0.3) is 5.91 Å². The van der Waals surface area contributed by atoms with E-state index in [9.17, 15) is 4.79 Å². The van der Waals surface area contributed by atoms with E-state index in [1.54, 1.807) is 18.1 Å². The number of aromatic nitrogens is 2. The molecule has 0 bridgehead atoms. The van der Waals surface area contributed by atoms with Gasteiger partial charge in [-0.2, -0.15) is 5.10 Å². The standard InChI is InChI=1S/C24H28N6O2.HI/c1-18(19-8-5-9-20(16-19)30-15-7-13-27-30)28-24(25-2)26-12-6-14-29-21-10-3-4-11-22(21)32-17-23(29)31;/h3-5,7-11,13,15-16,18H,6,12,14,17H2,1-2H3,(H2,25,26,28);1H. The summed E-state index contributed by atoms with van der Waals surface area (Å²) in [6.07, 6.45) is 4.47. The first-order valence-electron chi connectivity index (χ1n) is 10.7. The van der Waals surface area contributed by atoms with E-state index < -0.39 is 0 Å². The highest BCUT2D eigenvalue weighted by Crippen LogP contribution is 2.31. The van der Waals surface area contributed by atoms with Gasteiger partial charge >= 0.3 is 0 Å². The number of halogens is 1. The number of hydrogen-bond acceptors (Lipinski definition) is 4. The fraction of sp³-hybridized carbons (Fsp3) is 0.292. The lowest BCUT2D eigenvalue weighted by Crippen LogP contribution is -2.42. The Bertz CT molecular complexity index is 1090. The first kappa shape index (κ1) is 24.6. The van der Waals surface area contributed by atoms with Crippen LogP contribution in [0.15, 0.2) is 72.0 Å². The maximum atomic E-state index is 12.3. The van der Waals surface area contributed by atoms with E-state index in [0.717, 1.165) is 35.1 Å². The van der Waals surface area contributed by atoms with E-state index in [2.05, 4.69) is 39.8 Å². The monoisotopic (exact) mass is 560 g/mol. The van der Waals surface area contributed by atoms with Crippen molar-refractivity contribution < 1.29 is 9.53 Å². The second-order valence-electron chi connectivity index (χ2n) is 7.57. The number of carbonyl (C=O) groups excluding carboxylic acids is 1. The Morgan fingerprint density at radius 3 is 2.85 bits per heavy atom. The Kier molecular flexibility index (Phi) is 8.70. The molecule has 8 nitrogen and oxygen atoms in total. The number of nitrogens with one attached hydrogen (secondary N) is 2. The maximum absolute atomic E-state index is 12.3. The van der Waals surface area contributed by atoms with Gasteiger partial charge in [0.15, 0.2) is 12.6 Å². The summed E-state index contributed by atoms with van der Waals surface area (Å²) in [5.74, 6) is 1.45. The van der Waals surface area contributed by atoms with Gasteiger partial charge in [0.1, 0.15) is 5.75 Å². The second kappa shape index (κ2) is 11.7. The Morgan fingerprint density at radius 1 is 1.21 bits per heavy atom. The van der Waals surface area contributed by atoms with Crippen molar-refractivity contribution in [2.75, 3.05) is 31.6 Å². The molecule has 1 unspecified atom stereocenters. The van der Waals surface area contributed by atoms with Crippen LogP contribution in [-0.4, -0.2) is 48.4 Å². The highest BCUT2D eigenvalue weighted by Gasteiger charge is 2.24. The van der Waals surface area contributed by atoms with Crippen molar-refractivity contribution in [3.8, 4) is 11.4 Å². The number of rotatable bonds is 7. The normalized spacial score (nSPS) is 14.1. The van der Waals surface area contributed by atoms with Crippen LogP contribution in [0.5, 0.6) is 5.75 Å². The summed E-state index contributed by atoms with van der Waals surface area (Å²) in [4.78, 5) is 18.4. The molecule has 0 saturated carbocycles. The molecule has 2 heterocycles. The third-order valence-electron chi connectivity index (χ3n) is 5.38. The van der Waals surface area contributed by atoms with Crippen LogP contribution in [0.3, 0.4) is 0 Å². The number of nitrogens with zero attached hydrogens (tertiary/aromatic N) is 4. The number of para-hydroxylation sites is 2. The van der Waals surface area contributed by atoms with Crippen molar-refractivity contribution in [3.05, 3.63) is 72.6 Å². The summed E-state index contributed by atoms with van der Waals surface area (Å²) in [7, 11) is 1.75. The number of carbonyl (C=O) groups is 1. The SMILES string of the molecule is CN=C(NCCCN1C(=O)COc2ccccc21)NC(C)c1cccc(-n2cccn2)c1.I. The quantitative estimate of drug-likeness (QED) is 0.200. The Hall–Kier alpha value is -3.08. The molecule has 0 aliphatic carbocycles. The van der Waals surface area contributed by atoms with E-state index in [0.29, 0.717) is 13.1 Å². The number of anilines is 1. The predicted octanol–water partition coefficient (Wildman–Crippen LogP) is 3.53. The van der Waals surface area contributed by atoms with Crippen LogP contribution in [-0.2, 0) is 4.79 Å². The molecule has 3 aromatic rings. The molecule has 0 fully saturated rings. The number of guanidine groups is 1. The summed E-state index contributed by atoms with van der Waals surface area (Å²) in [5.41, 5.74) is 2.98. The molecule has 1 aromatic heterocycles. The number of amides is 1. The highest BCUT2D eigenvalue weighted by molar-refractivity contribution is 14.0. The van der Waals surface area contributed by atoms with Crippen LogP contribution in [0.4, 0.5) is 5.69 Å². The van der Waals surface area contributed by atoms with Crippen molar-refractivity contribution in [1.82, 2.24) is 20.4 Å². The van der Waals surface area contributed by atoms with Gasteiger partial charge in [-0.1, -0.05) is 24.3 Å². The van der Waals surface area contributed by atoms with Gasteiger partial charge in [-0.05, 0) is 49.2 Å². The molecule has 9 heteroatoms. The minimum Gasteiger partial charge on any atom is -0.482 e. The number of benzene rings is 2. The Balaban J connectivity index is 0.00000306. The molecule has 0 spiro atoms. The van der Waals surface area contributed by atoms with Gasteiger partial charge in [0.2, 0.25) is 0 Å². The van der Waals surface area contributed by atoms with E-state index in [-0.39, 0.29) is 42.5 Å². The minimum absolute atomic E-state index is 0. The highest BCUT2D eigenvalue weighted by atomic mass is 127. The van der Waals surface area contributed by atoms with Crippen LogP contribution in [0.25, 0.3) is 5.69 Å². The molecular weight excluding hydrogens is 531 g/mol. The fourth-order valence-electron chi connectivity index (χ4n) is 3.68. The molecular formula is C24H29IN6O2. The van der Waals surface area contributed by atoms with Crippen molar-refractivity contribution in [2.45, 2.75) is 19.4 Å². The Labute approximate surface area is 211 Å². The summed E-state index contributed by atoms with van der Waals surface area (Å²) in [5, 5.41) is 11.1. The predicted molar refractivity (Wildman–Crippen MR) is 141 cm³/mol. The second-order valence-corrected chi connectivity index (χ2v) is 7.57. The molecule has 1 aliphatic rings. The maximum Gasteiger partial charge on any atom is 0.265 e. The molecule has 0 radical (unpaired) electrons. The van der Waals surface area contributed by atoms with Gasteiger partial charge in [0.05, 0.1) is 17.4 Å². The van der Waals surface area contributed by atoms with Crippen molar-refractivity contribution in [1.29, 1.82) is 0 Å². The van der Waals surface area contributed by atoms with Gasteiger partial charge in [-0.25, -0.2) is 4.68 Å². The van der Waals surface area contributed by atoms with Crippen LogP contribution >= 0.6 is 24.0 Å². The van der Waals surface area contributed by atoms with Crippen molar-refractivity contribution in [2.24, 2.45) is 4.99 Å². The zero-order chi connectivity index (χ0) is 22.3. The topological polar surface area (TPSA) is 83.8 Å². The lowest BCUT2D eigenvalue weighted by Gasteiger charge is -2.29. The average molecular weight is 560 g/mol. The third kappa shape index (κ3) is 6.04. The molecule has 2 N–H and O–H groups in total. The molecule has 1 atom stereocenters. The zero-order valence-corrected chi connectivity index (χ0v) is 21.1. The summed E-state index contributed by atoms with van der Waals surface area (Å²) >= 11 is 0. The molecule has 4 rings (SSSR count). The van der Waals surface area contributed by atoms with E-state index in [1.807, 2.05) is 53.3 Å². The van der Waals surface area contributed by atoms with Crippen LogP contribution in [0.1, 0.15) is 24.9 Å². The van der Waals surface area contributed by atoms with Crippen molar-refractivity contribution in [3.63, 3.8) is 0 Å². The van der Waals surface area contributed by atoms with Gasteiger partial charge in [-0.3, -0.25) is 9.79 Å². The van der Waals surface area contributed by atoms with E-state index in [4.69, 9.17) is 4.74 Å². The zero-order valence-electron chi connectivity index (χ0n) is 18.8. The molecule has 1 amide bonds. The van der Waals surface area contributed by atoms with E-state index in [1.165, 1.54) is 0 Å². The first-order chi connectivity index (χ1) is 15.7. The van der Waals surface area contributed by atoms with Crippen LogP contribution < -0.4 is 20.3 Å². The smallest absolute Gasteiger partial charge is 0.265 e. The summed E-state index contributed by atoms with van der Waals surface area (Å²) in [6.45, 7) is 3.48. The molecule has 0 saturated heterocycles.